The topological polar surface area (TPSA) is 89.8 Å². The second-order valence-electron chi connectivity index (χ2n) is 4.79. The van der Waals surface area contributed by atoms with E-state index in [-0.39, 0.29) is 23.2 Å². The van der Waals surface area contributed by atoms with Gasteiger partial charge in [0, 0.05) is 12.6 Å². The SMILES string of the molecule is O=C(/C=C/c1ccc(O)c(O)c1)NCCc1ccc(O)cc1. The van der Waals surface area contributed by atoms with Crippen LogP contribution in [0.25, 0.3) is 6.08 Å². The molecular formula is C17H17NO4. The number of amides is 1. The standard InChI is InChI=1S/C17H17NO4/c19-14-5-1-12(2-6-14)9-10-18-17(22)8-4-13-3-7-15(20)16(21)11-13/h1-8,11,19-21H,9-10H2,(H,18,22)/b8-4+. The van der Waals surface area contributed by atoms with Crippen LogP contribution in [0.3, 0.4) is 0 Å². The van der Waals surface area contributed by atoms with Crippen molar-refractivity contribution in [1.29, 1.82) is 0 Å². The van der Waals surface area contributed by atoms with Gasteiger partial charge in [-0.15, -0.1) is 0 Å². The number of aromatic hydroxyl groups is 3. The molecule has 0 bridgehead atoms. The number of carbonyl (C=O) groups is 1. The summed E-state index contributed by atoms with van der Waals surface area (Å²) >= 11 is 0. The van der Waals surface area contributed by atoms with Gasteiger partial charge < -0.3 is 20.6 Å². The van der Waals surface area contributed by atoms with Crippen LogP contribution in [-0.2, 0) is 11.2 Å². The minimum absolute atomic E-state index is 0.199. The fourth-order valence-electron chi connectivity index (χ4n) is 1.87. The third-order valence-electron chi connectivity index (χ3n) is 3.08. The molecule has 0 radical (unpaired) electrons. The molecule has 0 aromatic heterocycles. The number of benzene rings is 2. The van der Waals surface area contributed by atoms with Crippen LogP contribution in [0.4, 0.5) is 0 Å². The van der Waals surface area contributed by atoms with Gasteiger partial charge >= 0.3 is 0 Å². The van der Waals surface area contributed by atoms with Crippen LogP contribution in [0.15, 0.2) is 48.5 Å². The highest BCUT2D eigenvalue weighted by atomic mass is 16.3. The molecule has 2 aromatic carbocycles. The molecule has 4 N–H and O–H groups in total. The molecule has 2 aromatic rings. The van der Waals surface area contributed by atoms with Gasteiger partial charge in [-0.3, -0.25) is 4.79 Å². The Labute approximate surface area is 128 Å². The van der Waals surface area contributed by atoms with Crippen LogP contribution >= 0.6 is 0 Å². The van der Waals surface area contributed by atoms with E-state index >= 15 is 0 Å². The zero-order valence-electron chi connectivity index (χ0n) is 11.9. The Morgan fingerprint density at radius 1 is 1.00 bits per heavy atom. The molecule has 0 spiro atoms. The lowest BCUT2D eigenvalue weighted by molar-refractivity contribution is -0.116. The smallest absolute Gasteiger partial charge is 0.244 e. The molecule has 0 atom stereocenters. The normalized spacial score (nSPS) is 10.7. The minimum Gasteiger partial charge on any atom is -0.508 e. The van der Waals surface area contributed by atoms with Crippen LogP contribution < -0.4 is 5.32 Å². The van der Waals surface area contributed by atoms with Crippen molar-refractivity contribution >= 4 is 12.0 Å². The van der Waals surface area contributed by atoms with E-state index in [1.807, 2.05) is 0 Å². The van der Waals surface area contributed by atoms with Crippen molar-refractivity contribution in [2.45, 2.75) is 6.42 Å². The van der Waals surface area contributed by atoms with Crippen molar-refractivity contribution in [2.75, 3.05) is 6.54 Å². The third kappa shape index (κ3) is 4.56. The number of hydrogen-bond donors (Lipinski definition) is 4. The summed E-state index contributed by atoms with van der Waals surface area (Å²) in [6, 6.07) is 11.1. The number of phenols is 3. The lowest BCUT2D eigenvalue weighted by Crippen LogP contribution is -2.23. The first kappa shape index (κ1) is 15.4. The second kappa shape index (κ2) is 7.17. The average molecular weight is 299 g/mol. The summed E-state index contributed by atoms with van der Waals surface area (Å²) in [5.74, 6) is -0.454. The Balaban J connectivity index is 1.81. The highest BCUT2D eigenvalue weighted by Gasteiger charge is 2.00. The molecule has 2 rings (SSSR count). The molecule has 0 aliphatic carbocycles. The molecule has 114 valence electrons. The Kier molecular flexibility index (Phi) is 5.03. The van der Waals surface area contributed by atoms with Gasteiger partial charge in [-0.1, -0.05) is 18.2 Å². The van der Waals surface area contributed by atoms with Crippen molar-refractivity contribution < 1.29 is 20.1 Å². The summed E-state index contributed by atoms with van der Waals surface area (Å²) in [5, 5.41) is 30.5. The summed E-state index contributed by atoms with van der Waals surface area (Å²) in [6.45, 7) is 0.481. The fraction of sp³-hybridized carbons (Fsp3) is 0.118. The molecule has 22 heavy (non-hydrogen) atoms. The van der Waals surface area contributed by atoms with Crippen LogP contribution in [0.1, 0.15) is 11.1 Å². The van der Waals surface area contributed by atoms with Crippen molar-refractivity contribution in [3.8, 4) is 17.2 Å². The number of carbonyl (C=O) groups excluding carboxylic acids is 1. The van der Waals surface area contributed by atoms with Crippen molar-refractivity contribution in [1.82, 2.24) is 5.32 Å². The summed E-state index contributed by atoms with van der Waals surface area (Å²) in [5.41, 5.74) is 1.63. The lowest BCUT2D eigenvalue weighted by atomic mass is 10.1. The molecule has 0 heterocycles. The van der Waals surface area contributed by atoms with Gasteiger partial charge in [0.15, 0.2) is 11.5 Å². The summed E-state index contributed by atoms with van der Waals surface area (Å²) < 4.78 is 0. The summed E-state index contributed by atoms with van der Waals surface area (Å²) in [6.07, 6.45) is 3.58. The summed E-state index contributed by atoms with van der Waals surface area (Å²) in [4.78, 5) is 11.7. The molecule has 0 aliphatic rings. The summed E-state index contributed by atoms with van der Waals surface area (Å²) in [7, 11) is 0. The van der Waals surface area contributed by atoms with Crippen LogP contribution in [-0.4, -0.2) is 27.8 Å². The van der Waals surface area contributed by atoms with E-state index in [2.05, 4.69) is 5.32 Å². The Bertz CT molecular complexity index is 678. The fourth-order valence-corrected chi connectivity index (χ4v) is 1.87. The van der Waals surface area contributed by atoms with Gasteiger partial charge in [-0.25, -0.2) is 0 Å². The predicted molar refractivity (Wildman–Crippen MR) is 83.6 cm³/mol. The van der Waals surface area contributed by atoms with E-state index in [0.29, 0.717) is 18.5 Å². The largest absolute Gasteiger partial charge is 0.508 e. The quantitative estimate of drug-likeness (QED) is 0.503. The van der Waals surface area contributed by atoms with E-state index in [0.717, 1.165) is 5.56 Å². The monoisotopic (exact) mass is 299 g/mol. The predicted octanol–water partition coefficient (Wildman–Crippen LogP) is 2.18. The van der Waals surface area contributed by atoms with E-state index < -0.39 is 0 Å². The molecule has 1 amide bonds. The van der Waals surface area contributed by atoms with Gasteiger partial charge in [0.05, 0.1) is 0 Å². The van der Waals surface area contributed by atoms with Gasteiger partial charge in [0.1, 0.15) is 5.75 Å². The molecule has 0 saturated carbocycles. The maximum Gasteiger partial charge on any atom is 0.244 e. The number of phenolic OH excluding ortho intramolecular Hbond substituents is 3. The maximum atomic E-state index is 11.7. The van der Waals surface area contributed by atoms with Gasteiger partial charge in [-0.2, -0.15) is 0 Å². The minimum atomic E-state index is -0.244. The maximum absolute atomic E-state index is 11.7. The van der Waals surface area contributed by atoms with Crippen molar-refractivity contribution in [3.05, 3.63) is 59.7 Å². The van der Waals surface area contributed by atoms with Crippen molar-refractivity contribution in [2.24, 2.45) is 0 Å². The first-order valence-electron chi connectivity index (χ1n) is 6.80. The molecule has 0 unspecified atom stereocenters. The number of nitrogens with one attached hydrogen (secondary N) is 1. The molecule has 0 fully saturated rings. The van der Waals surface area contributed by atoms with Crippen LogP contribution in [0.5, 0.6) is 17.2 Å². The van der Waals surface area contributed by atoms with E-state index in [4.69, 9.17) is 0 Å². The highest BCUT2D eigenvalue weighted by Crippen LogP contribution is 2.25. The van der Waals surface area contributed by atoms with E-state index in [1.54, 1.807) is 36.4 Å². The molecule has 5 nitrogen and oxygen atoms in total. The first-order valence-corrected chi connectivity index (χ1v) is 6.80. The molecule has 5 heteroatoms. The second-order valence-corrected chi connectivity index (χ2v) is 4.79. The Hall–Kier alpha value is -2.95. The molecular weight excluding hydrogens is 282 g/mol. The van der Waals surface area contributed by atoms with Gasteiger partial charge in [0.25, 0.3) is 0 Å². The van der Waals surface area contributed by atoms with Crippen LogP contribution in [0, 0.1) is 0 Å². The third-order valence-corrected chi connectivity index (χ3v) is 3.08. The average Bonchev–Trinajstić information content (AvgIpc) is 2.50. The van der Waals surface area contributed by atoms with Crippen LogP contribution in [0.2, 0.25) is 0 Å². The lowest BCUT2D eigenvalue weighted by Gasteiger charge is -2.03. The molecule has 0 aliphatic heterocycles. The zero-order valence-corrected chi connectivity index (χ0v) is 11.9. The zero-order chi connectivity index (χ0) is 15.9. The van der Waals surface area contributed by atoms with Gasteiger partial charge in [0.2, 0.25) is 5.91 Å². The van der Waals surface area contributed by atoms with Crippen molar-refractivity contribution in [3.63, 3.8) is 0 Å². The number of rotatable bonds is 5. The highest BCUT2D eigenvalue weighted by molar-refractivity contribution is 5.91. The number of hydrogen-bond acceptors (Lipinski definition) is 4. The van der Waals surface area contributed by atoms with E-state index in [1.165, 1.54) is 18.2 Å². The van der Waals surface area contributed by atoms with Gasteiger partial charge in [-0.05, 0) is 47.9 Å². The first-order chi connectivity index (χ1) is 10.5. The Morgan fingerprint density at radius 3 is 2.41 bits per heavy atom. The van der Waals surface area contributed by atoms with E-state index in [9.17, 15) is 20.1 Å². The Morgan fingerprint density at radius 2 is 1.73 bits per heavy atom. The molecule has 0 saturated heterocycles.